The van der Waals surface area contributed by atoms with Gasteiger partial charge in [-0.05, 0) is 65.2 Å². The summed E-state index contributed by atoms with van der Waals surface area (Å²) >= 11 is 0. The van der Waals surface area contributed by atoms with Crippen LogP contribution in [-0.4, -0.2) is 23.4 Å². The van der Waals surface area contributed by atoms with E-state index in [0.717, 1.165) is 38.5 Å². The molecule has 22 heavy (non-hydrogen) atoms. The molecule has 2 aliphatic heterocycles. The van der Waals surface area contributed by atoms with Crippen LogP contribution in [0.4, 0.5) is 0 Å². The summed E-state index contributed by atoms with van der Waals surface area (Å²) in [6.07, 6.45) is 12.5. The molecule has 2 saturated heterocycles. The molecule has 0 aromatic carbocycles. The minimum Gasteiger partial charge on any atom is -0.366 e. The molecular weight excluding hydrogens is 272 g/mol. The Morgan fingerprint density at radius 1 is 0.955 bits per heavy atom. The SMILES string of the molecule is C/C1=C\C=C(\C(C)C)CC[C@]2(C)O[C@H]2CC[C@]2(C)O[C@H]2CC1. The monoisotopic (exact) mass is 304 g/mol. The number of epoxide rings is 2. The van der Waals surface area contributed by atoms with E-state index in [0.29, 0.717) is 18.1 Å². The van der Waals surface area contributed by atoms with Crippen molar-refractivity contribution in [1.29, 1.82) is 0 Å². The van der Waals surface area contributed by atoms with Crippen LogP contribution >= 0.6 is 0 Å². The molecule has 3 aliphatic rings. The fourth-order valence-corrected chi connectivity index (χ4v) is 3.82. The molecule has 2 fully saturated rings. The van der Waals surface area contributed by atoms with Gasteiger partial charge < -0.3 is 9.47 Å². The van der Waals surface area contributed by atoms with E-state index in [2.05, 4.69) is 46.8 Å². The predicted octanol–water partition coefficient (Wildman–Crippen LogP) is 5.18. The summed E-state index contributed by atoms with van der Waals surface area (Å²) in [6, 6.07) is 0. The molecule has 0 amide bonds. The van der Waals surface area contributed by atoms with Crippen molar-refractivity contribution in [2.45, 2.75) is 96.6 Å². The van der Waals surface area contributed by atoms with Crippen LogP contribution in [0.3, 0.4) is 0 Å². The van der Waals surface area contributed by atoms with Gasteiger partial charge in [-0.25, -0.2) is 0 Å². The molecule has 0 aromatic heterocycles. The largest absolute Gasteiger partial charge is 0.366 e. The van der Waals surface area contributed by atoms with Gasteiger partial charge in [0.05, 0.1) is 23.4 Å². The van der Waals surface area contributed by atoms with Gasteiger partial charge in [0.15, 0.2) is 0 Å². The Hall–Kier alpha value is -0.600. The minimum absolute atomic E-state index is 0.109. The maximum absolute atomic E-state index is 6.04. The van der Waals surface area contributed by atoms with Gasteiger partial charge in [0, 0.05) is 0 Å². The topological polar surface area (TPSA) is 25.1 Å². The summed E-state index contributed by atoms with van der Waals surface area (Å²) in [5.74, 6) is 0.618. The Balaban J connectivity index is 1.73. The van der Waals surface area contributed by atoms with Crippen LogP contribution in [0, 0.1) is 5.92 Å². The average Bonchev–Trinajstić information content (AvgIpc) is 3.30. The Morgan fingerprint density at radius 2 is 1.59 bits per heavy atom. The van der Waals surface area contributed by atoms with E-state index in [1.54, 1.807) is 5.57 Å². The fraction of sp³-hybridized carbons (Fsp3) is 0.800. The first-order valence-electron chi connectivity index (χ1n) is 9.04. The van der Waals surface area contributed by atoms with Crippen LogP contribution in [0.2, 0.25) is 0 Å². The van der Waals surface area contributed by atoms with Gasteiger partial charge in [-0.15, -0.1) is 0 Å². The Bertz CT molecular complexity index is 490. The zero-order valence-corrected chi connectivity index (χ0v) is 14.9. The number of hydrogen-bond donors (Lipinski definition) is 0. The molecule has 0 radical (unpaired) electrons. The third kappa shape index (κ3) is 3.49. The quantitative estimate of drug-likeness (QED) is 0.623. The van der Waals surface area contributed by atoms with Gasteiger partial charge in [-0.1, -0.05) is 37.1 Å². The molecule has 2 nitrogen and oxygen atoms in total. The van der Waals surface area contributed by atoms with Crippen LogP contribution in [-0.2, 0) is 9.47 Å². The maximum Gasteiger partial charge on any atom is 0.0923 e. The summed E-state index contributed by atoms with van der Waals surface area (Å²) in [6.45, 7) is 11.4. The van der Waals surface area contributed by atoms with Crippen LogP contribution in [0.1, 0.15) is 73.1 Å². The molecule has 0 bridgehead atoms. The van der Waals surface area contributed by atoms with E-state index in [-0.39, 0.29) is 11.2 Å². The van der Waals surface area contributed by atoms with Crippen molar-refractivity contribution in [3.05, 3.63) is 23.3 Å². The lowest BCUT2D eigenvalue weighted by Gasteiger charge is -2.14. The molecule has 2 heterocycles. The lowest BCUT2D eigenvalue weighted by atomic mass is 9.88. The van der Waals surface area contributed by atoms with Crippen LogP contribution < -0.4 is 0 Å². The zero-order chi connectivity index (χ0) is 16.0. The van der Waals surface area contributed by atoms with Gasteiger partial charge in [-0.2, -0.15) is 0 Å². The lowest BCUT2D eigenvalue weighted by Crippen LogP contribution is -2.15. The second-order valence-corrected chi connectivity index (χ2v) is 8.32. The highest BCUT2D eigenvalue weighted by Crippen LogP contribution is 2.49. The highest BCUT2D eigenvalue weighted by molar-refractivity contribution is 5.20. The molecule has 1 aliphatic carbocycles. The van der Waals surface area contributed by atoms with E-state index in [9.17, 15) is 0 Å². The third-order valence-electron chi connectivity index (χ3n) is 6.01. The van der Waals surface area contributed by atoms with E-state index >= 15 is 0 Å². The highest BCUT2D eigenvalue weighted by atomic mass is 16.6. The Morgan fingerprint density at radius 3 is 2.27 bits per heavy atom. The summed E-state index contributed by atoms with van der Waals surface area (Å²) in [4.78, 5) is 0. The zero-order valence-electron chi connectivity index (χ0n) is 14.9. The number of rotatable bonds is 1. The van der Waals surface area contributed by atoms with E-state index in [4.69, 9.17) is 9.47 Å². The van der Waals surface area contributed by atoms with Crippen molar-refractivity contribution in [2.75, 3.05) is 0 Å². The van der Waals surface area contributed by atoms with Crippen LogP contribution in [0.15, 0.2) is 23.3 Å². The normalized spacial score (nSPS) is 47.4. The first-order valence-corrected chi connectivity index (χ1v) is 9.04. The molecule has 2 heteroatoms. The number of ether oxygens (including phenoxy) is 2. The number of fused-ring (bicyclic) bond motifs is 2. The summed E-state index contributed by atoms with van der Waals surface area (Å²) in [5, 5.41) is 0. The van der Waals surface area contributed by atoms with Crippen LogP contribution in [0.25, 0.3) is 0 Å². The predicted molar refractivity (Wildman–Crippen MR) is 90.9 cm³/mol. The first-order chi connectivity index (χ1) is 10.3. The van der Waals surface area contributed by atoms with Crippen molar-refractivity contribution in [3.63, 3.8) is 0 Å². The Labute approximate surface area is 136 Å². The Kier molecular flexibility index (Phi) is 4.28. The average molecular weight is 304 g/mol. The molecule has 0 N–H and O–H groups in total. The van der Waals surface area contributed by atoms with Crippen molar-refractivity contribution in [3.8, 4) is 0 Å². The van der Waals surface area contributed by atoms with Crippen molar-refractivity contribution in [1.82, 2.24) is 0 Å². The number of hydrogen-bond acceptors (Lipinski definition) is 2. The molecule has 0 spiro atoms. The smallest absolute Gasteiger partial charge is 0.0923 e. The number of allylic oxidation sites excluding steroid dienone is 4. The van der Waals surface area contributed by atoms with Crippen LogP contribution in [0.5, 0.6) is 0 Å². The van der Waals surface area contributed by atoms with Gasteiger partial charge in [0.1, 0.15) is 0 Å². The molecule has 4 atom stereocenters. The van der Waals surface area contributed by atoms with E-state index in [1.165, 1.54) is 5.57 Å². The standard InChI is InChI=1S/C20H32O2/c1-14(2)16-8-6-15(3)7-9-17-20(5,21-17)13-11-18-19(4,22-18)12-10-16/h6,8,14,17-18H,7,9-13H2,1-5H3/b15-6+,16-8+/t17-,18-,19-,20-/m0/s1. The molecule has 3 rings (SSSR count). The second kappa shape index (κ2) is 5.79. The van der Waals surface area contributed by atoms with Gasteiger partial charge in [0.25, 0.3) is 0 Å². The first kappa shape index (κ1) is 16.3. The van der Waals surface area contributed by atoms with Gasteiger partial charge in [-0.3, -0.25) is 0 Å². The lowest BCUT2D eigenvalue weighted by molar-refractivity contribution is 0.269. The summed E-state index contributed by atoms with van der Waals surface area (Å²) in [7, 11) is 0. The summed E-state index contributed by atoms with van der Waals surface area (Å²) < 4.78 is 12.0. The molecular formula is C20H32O2. The second-order valence-electron chi connectivity index (χ2n) is 8.32. The van der Waals surface area contributed by atoms with Gasteiger partial charge in [0.2, 0.25) is 0 Å². The van der Waals surface area contributed by atoms with E-state index in [1.807, 2.05) is 0 Å². The molecule has 124 valence electrons. The third-order valence-corrected chi connectivity index (χ3v) is 6.01. The molecule has 0 aromatic rings. The van der Waals surface area contributed by atoms with Crippen molar-refractivity contribution >= 4 is 0 Å². The fourth-order valence-electron chi connectivity index (χ4n) is 3.82. The van der Waals surface area contributed by atoms with Crippen molar-refractivity contribution < 1.29 is 9.47 Å². The molecule has 0 unspecified atom stereocenters. The van der Waals surface area contributed by atoms with E-state index < -0.39 is 0 Å². The molecule has 0 saturated carbocycles. The van der Waals surface area contributed by atoms with Gasteiger partial charge >= 0.3 is 0 Å². The minimum atomic E-state index is 0.109. The van der Waals surface area contributed by atoms with Crippen molar-refractivity contribution in [2.24, 2.45) is 5.92 Å². The highest BCUT2D eigenvalue weighted by Gasteiger charge is 2.56. The summed E-state index contributed by atoms with van der Waals surface area (Å²) in [5.41, 5.74) is 3.26. The maximum atomic E-state index is 6.04.